The fourth-order valence-corrected chi connectivity index (χ4v) is 3.18. The summed E-state index contributed by atoms with van der Waals surface area (Å²) in [6.45, 7) is 1.64. The molecule has 1 aromatic rings. The highest BCUT2D eigenvalue weighted by Crippen LogP contribution is 2.33. The summed E-state index contributed by atoms with van der Waals surface area (Å²) in [6.07, 6.45) is -4.57. The molecule has 0 radical (unpaired) electrons. The van der Waals surface area contributed by atoms with Gasteiger partial charge in [-0.15, -0.1) is 0 Å². The monoisotopic (exact) mass is 331 g/mol. The molecule has 3 nitrogen and oxygen atoms in total. The number of alkyl halides is 3. The number of hydrogen-bond acceptors (Lipinski definition) is 2. The first kappa shape index (κ1) is 14.5. The van der Waals surface area contributed by atoms with Crippen LogP contribution in [0.15, 0.2) is 27.6 Å². The third-order valence-electron chi connectivity index (χ3n) is 1.88. The van der Waals surface area contributed by atoms with Crippen LogP contribution in [0, 0.1) is 0 Å². The summed E-state index contributed by atoms with van der Waals surface area (Å²) in [4.78, 5) is -0.422. The second kappa shape index (κ2) is 4.95. The Morgan fingerprint density at radius 3 is 2.41 bits per heavy atom. The lowest BCUT2D eigenvalue weighted by Crippen LogP contribution is -2.24. The molecule has 0 saturated carbocycles. The summed E-state index contributed by atoms with van der Waals surface area (Å²) in [5, 5.41) is 0. The number of halogens is 4. The Balaban J connectivity index is 3.35. The topological polar surface area (TPSA) is 46.2 Å². The highest BCUT2D eigenvalue weighted by molar-refractivity contribution is 9.10. The molecule has 0 saturated heterocycles. The Labute approximate surface area is 105 Å². The lowest BCUT2D eigenvalue weighted by molar-refractivity contribution is -0.137. The van der Waals surface area contributed by atoms with Gasteiger partial charge in [0.05, 0.1) is 10.5 Å². The van der Waals surface area contributed by atoms with Gasteiger partial charge in [-0.3, -0.25) is 0 Å². The Kier molecular flexibility index (Phi) is 4.21. The van der Waals surface area contributed by atoms with E-state index < -0.39 is 26.7 Å². The van der Waals surface area contributed by atoms with Crippen LogP contribution < -0.4 is 4.72 Å². The minimum absolute atomic E-state index is 0.0893. The van der Waals surface area contributed by atoms with Gasteiger partial charge in [0.2, 0.25) is 10.0 Å². The van der Waals surface area contributed by atoms with Crippen molar-refractivity contribution in [2.45, 2.75) is 18.0 Å². The Bertz CT molecular complexity index is 513. The third kappa shape index (κ3) is 3.43. The average Bonchev–Trinajstić information content (AvgIpc) is 2.15. The SMILES string of the molecule is CCNS(=O)(=O)c1cc(C(F)(F)F)ccc1Br. The van der Waals surface area contributed by atoms with E-state index in [2.05, 4.69) is 20.7 Å². The van der Waals surface area contributed by atoms with Crippen LogP contribution in [-0.2, 0) is 16.2 Å². The van der Waals surface area contributed by atoms with Gasteiger partial charge in [-0.25, -0.2) is 13.1 Å². The average molecular weight is 332 g/mol. The molecule has 0 unspecified atom stereocenters. The van der Waals surface area contributed by atoms with Gasteiger partial charge in [-0.05, 0) is 34.1 Å². The van der Waals surface area contributed by atoms with Crippen molar-refractivity contribution in [3.63, 3.8) is 0 Å². The molecule has 1 rings (SSSR count). The smallest absolute Gasteiger partial charge is 0.211 e. The molecule has 0 aliphatic carbocycles. The van der Waals surface area contributed by atoms with Gasteiger partial charge in [0.25, 0.3) is 0 Å². The highest BCUT2D eigenvalue weighted by Gasteiger charge is 2.32. The van der Waals surface area contributed by atoms with Crippen LogP contribution in [0.2, 0.25) is 0 Å². The molecule has 96 valence electrons. The van der Waals surface area contributed by atoms with Gasteiger partial charge >= 0.3 is 6.18 Å². The van der Waals surface area contributed by atoms with Crippen LogP contribution in [0.25, 0.3) is 0 Å². The zero-order valence-electron chi connectivity index (χ0n) is 8.68. The standard InChI is InChI=1S/C9H9BrF3NO2S/c1-2-14-17(15,16)8-5-6(9(11,12)13)3-4-7(8)10/h3-5,14H,2H2,1H3. The van der Waals surface area contributed by atoms with Crippen molar-refractivity contribution in [3.8, 4) is 0 Å². The van der Waals surface area contributed by atoms with Crippen molar-refractivity contribution in [1.82, 2.24) is 4.72 Å². The molecule has 17 heavy (non-hydrogen) atoms. The van der Waals surface area contributed by atoms with E-state index in [-0.39, 0.29) is 11.0 Å². The van der Waals surface area contributed by atoms with E-state index in [1.165, 1.54) is 0 Å². The molecule has 0 spiro atoms. The van der Waals surface area contributed by atoms with E-state index >= 15 is 0 Å². The van der Waals surface area contributed by atoms with Crippen LogP contribution in [0.1, 0.15) is 12.5 Å². The van der Waals surface area contributed by atoms with E-state index in [4.69, 9.17) is 0 Å². The number of benzene rings is 1. The number of nitrogens with one attached hydrogen (secondary N) is 1. The van der Waals surface area contributed by atoms with Crippen molar-refractivity contribution in [2.75, 3.05) is 6.54 Å². The van der Waals surface area contributed by atoms with E-state index in [0.29, 0.717) is 6.07 Å². The van der Waals surface area contributed by atoms with Gasteiger partial charge in [0, 0.05) is 11.0 Å². The predicted octanol–water partition coefficient (Wildman–Crippen LogP) is 2.77. The van der Waals surface area contributed by atoms with Gasteiger partial charge in [-0.1, -0.05) is 6.92 Å². The lowest BCUT2D eigenvalue weighted by Gasteiger charge is -2.11. The molecular formula is C9H9BrF3NO2S. The van der Waals surface area contributed by atoms with E-state index in [1.807, 2.05) is 0 Å². The van der Waals surface area contributed by atoms with Gasteiger partial charge in [0.15, 0.2) is 0 Å². The molecule has 0 atom stereocenters. The maximum Gasteiger partial charge on any atom is 0.416 e. The second-order valence-electron chi connectivity index (χ2n) is 3.14. The zero-order valence-corrected chi connectivity index (χ0v) is 11.1. The first-order valence-corrected chi connectivity index (χ1v) is 6.82. The van der Waals surface area contributed by atoms with Crippen LogP contribution in [0.4, 0.5) is 13.2 Å². The van der Waals surface area contributed by atoms with Crippen LogP contribution in [-0.4, -0.2) is 15.0 Å². The zero-order chi connectivity index (χ0) is 13.3. The van der Waals surface area contributed by atoms with Crippen molar-refractivity contribution < 1.29 is 21.6 Å². The van der Waals surface area contributed by atoms with Gasteiger partial charge in [0.1, 0.15) is 0 Å². The Morgan fingerprint density at radius 2 is 1.94 bits per heavy atom. The third-order valence-corrected chi connectivity index (χ3v) is 4.42. The fourth-order valence-electron chi connectivity index (χ4n) is 1.15. The Hall–Kier alpha value is -0.600. The maximum atomic E-state index is 12.4. The van der Waals surface area contributed by atoms with Crippen molar-refractivity contribution >= 4 is 26.0 Å². The maximum absolute atomic E-state index is 12.4. The van der Waals surface area contributed by atoms with Crippen LogP contribution >= 0.6 is 15.9 Å². The predicted molar refractivity (Wildman–Crippen MR) is 60.0 cm³/mol. The summed E-state index contributed by atoms with van der Waals surface area (Å²) in [5.41, 5.74) is -1.00. The largest absolute Gasteiger partial charge is 0.416 e. The molecule has 0 aromatic heterocycles. The molecule has 0 amide bonds. The number of rotatable bonds is 3. The van der Waals surface area contributed by atoms with Crippen molar-refractivity contribution in [2.24, 2.45) is 0 Å². The van der Waals surface area contributed by atoms with E-state index in [0.717, 1.165) is 12.1 Å². The summed E-state index contributed by atoms with van der Waals surface area (Å²) in [7, 11) is -3.92. The molecule has 1 N–H and O–H groups in total. The first-order chi connectivity index (χ1) is 7.68. The molecule has 8 heteroatoms. The van der Waals surface area contributed by atoms with E-state index in [1.54, 1.807) is 6.92 Å². The van der Waals surface area contributed by atoms with Crippen molar-refractivity contribution in [1.29, 1.82) is 0 Å². The highest BCUT2D eigenvalue weighted by atomic mass is 79.9. The van der Waals surface area contributed by atoms with Crippen molar-refractivity contribution in [3.05, 3.63) is 28.2 Å². The summed E-state index contributed by atoms with van der Waals surface area (Å²) in [6, 6.07) is 2.48. The summed E-state index contributed by atoms with van der Waals surface area (Å²) >= 11 is 2.92. The van der Waals surface area contributed by atoms with Crippen LogP contribution in [0.3, 0.4) is 0 Å². The Morgan fingerprint density at radius 1 is 1.35 bits per heavy atom. The molecule has 1 aromatic carbocycles. The number of sulfonamides is 1. The molecule has 0 bridgehead atoms. The minimum atomic E-state index is -4.57. The fraction of sp³-hybridized carbons (Fsp3) is 0.333. The molecule has 0 heterocycles. The molecular weight excluding hydrogens is 323 g/mol. The molecule has 0 aliphatic rings. The van der Waals surface area contributed by atoms with Crippen LogP contribution in [0.5, 0.6) is 0 Å². The summed E-state index contributed by atoms with van der Waals surface area (Å²) < 4.78 is 62.8. The molecule has 0 aliphatic heterocycles. The first-order valence-electron chi connectivity index (χ1n) is 4.55. The minimum Gasteiger partial charge on any atom is -0.211 e. The molecule has 0 fully saturated rings. The number of hydrogen-bond donors (Lipinski definition) is 1. The normalized spacial score (nSPS) is 12.8. The summed E-state index contributed by atoms with van der Waals surface area (Å²) in [5.74, 6) is 0. The van der Waals surface area contributed by atoms with Gasteiger partial charge < -0.3 is 0 Å². The van der Waals surface area contributed by atoms with Gasteiger partial charge in [-0.2, -0.15) is 13.2 Å². The quantitative estimate of drug-likeness (QED) is 0.925. The van der Waals surface area contributed by atoms with E-state index in [9.17, 15) is 21.6 Å². The second-order valence-corrected chi connectivity index (χ2v) is 5.73. The lowest BCUT2D eigenvalue weighted by atomic mass is 10.2.